The van der Waals surface area contributed by atoms with E-state index in [1.165, 1.54) is 11.4 Å². The van der Waals surface area contributed by atoms with Crippen LogP contribution in [0.2, 0.25) is 0 Å². The minimum Gasteiger partial charge on any atom is -0.381 e. The molecule has 0 saturated carbocycles. The van der Waals surface area contributed by atoms with Crippen molar-refractivity contribution in [1.29, 1.82) is 0 Å². The molecule has 78 valence electrons. The van der Waals surface area contributed by atoms with E-state index in [0.717, 1.165) is 12.8 Å². The molecule has 1 saturated heterocycles. The molecule has 1 rings (SSSR count). The van der Waals surface area contributed by atoms with Gasteiger partial charge in [-0.05, 0) is 12.8 Å². The summed E-state index contributed by atoms with van der Waals surface area (Å²) < 4.78 is 31.5. The van der Waals surface area contributed by atoms with Gasteiger partial charge < -0.3 is 4.74 Å². The van der Waals surface area contributed by atoms with Gasteiger partial charge in [0.15, 0.2) is 0 Å². The van der Waals surface area contributed by atoms with Crippen molar-refractivity contribution in [2.45, 2.75) is 18.9 Å². The lowest BCUT2D eigenvalue weighted by atomic mass is 10.1. The number of piperidine rings is 1. The Morgan fingerprint density at radius 1 is 1.38 bits per heavy atom. The highest BCUT2D eigenvalue weighted by Gasteiger charge is 2.26. The Labute approximate surface area is 79.2 Å². The maximum absolute atomic E-state index is 11.3. The molecule has 1 aliphatic heterocycles. The Bertz CT molecular complexity index is 244. The fourth-order valence-corrected chi connectivity index (χ4v) is 2.39. The number of nitrogens with one attached hydrogen (secondary N) is 1. The molecule has 1 heterocycles. The van der Waals surface area contributed by atoms with Crippen LogP contribution in [0.1, 0.15) is 12.8 Å². The molecule has 5 nitrogen and oxygen atoms in total. The van der Waals surface area contributed by atoms with Crippen LogP contribution < -0.4 is 4.72 Å². The average molecular weight is 208 g/mol. The topological polar surface area (TPSA) is 58.6 Å². The zero-order valence-electron chi connectivity index (χ0n) is 7.99. The predicted octanol–water partition coefficient (Wildman–Crippen LogP) is -0.439. The summed E-state index contributed by atoms with van der Waals surface area (Å²) >= 11 is 0. The van der Waals surface area contributed by atoms with E-state index in [1.54, 1.807) is 7.11 Å². The standard InChI is InChI=1S/C7H16N2O3S/c1-8-13(10,11)9-5-3-7(12-2)4-6-9/h7-8H,3-6H2,1-2H3. The molecular formula is C7H16N2O3S. The molecule has 0 radical (unpaired) electrons. The molecule has 0 atom stereocenters. The van der Waals surface area contributed by atoms with Gasteiger partial charge in [0.2, 0.25) is 0 Å². The summed E-state index contributed by atoms with van der Waals surface area (Å²) in [5, 5.41) is 0. The fourth-order valence-electron chi connectivity index (χ4n) is 1.44. The highest BCUT2D eigenvalue weighted by Crippen LogP contribution is 2.14. The van der Waals surface area contributed by atoms with Crippen molar-refractivity contribution < 1.29 is 13.2 Å². The van der Waals surface area contributed by atoms with Gasteiger partial charge in [-0.2, -0.15) is 12.7 Å². The molecule has 0 aromatic heterocycles. The van der Waals surface area contributed by atoms with Gasteiger partial charge in [-0.25, -0.2) is 4.72 Å². The monoisotopic (exact) mass is 208 g/mol. The van der Waals surface area contributed by atoms with Gasteiger partial charge in [0, 0.05) is 27.2 Å². The molecule has 1 aliphatic rings. The van der Waals surface area contributed by atoms with Crippen LogP contribution in [-0.2, 0) is 14.9 Å². The molecule has 0 amide bonds. The first-order valence-electron chi connectivity index (χ1n) is 4.31. The van der Waals surface area contributed by atoms with E-state index in [2.05, 4.69) is 4.72 Å². The number of hydrogen-bond donors (Lipinski definition) is 1. The summed E-state index contributed by atoms with van der Waals surface area (Å²) in [4.78, 5) is 0. The van der Waals surface area contributed by atoms with Gasteiger partial charge in [-0.3, -0.25) is 0 Å². The van der Waals surface area contributed by atoms with Gasteiger partial charge in [0.25, 0.3) is 10.2 Å². The Kier molecular flexibility index (Phi) is 3.66. The average Bonchev–Trinajstić information content (AvgIpc) is 2.18. The van der Waals surface area contributed by atoms with Crippen molar-refractivity contribution in [3.05, 3.63) is 0 Å². The van der Waals surface area contributed by atoms with Gasteiger partial charge in [-0.1, -0.05) is 0 Å². The van der Waals surface area contributed by atoms with Crippen LogP contribution in [0.4, 0.5) is 0 Å². The normalized spacial score (nSPS) is 22.0. The van der Waals surface area contributed by atoms with Gasteiger partial charge in [-0.15, -0.1) is 0 Å². The Morgan fingerprint density at radius 2 is 1.92 bits per heavy atom. The van der Waals surface area contributed by atoms with Crippen LogP contribution in [0.3, 0.4) is 0 Å². The highest BCUT2D eigenvalue weighted by atomic mass is 32.2. The maximum Gasteiger partial charge on any atom is 0.279 e. The van der Waals surface area contributed by atoms with E-state index in [9.17, 15) is 8.42 Å². The Morgan fingerprint density at radius 3 is 2.31 bits per heavy atom. The molecule has 1 fully saturated rings. The van der Waals surface area contributed by atoms with Gasteiger partial charge >= 0.3 is 0 Å². The SMILES string of the molecule is CNS(=O)(=O)N1CCC(OC)CC1. The fraction of sp³-hybridized carbons (Fsp3) is 1.00. The lowest BCUT2D eigenvalue weighted by Crippen LogP contribution is -2.45. The summed E-state index contributed by atoms with van der Waals surface area (Å²) in [6, 6.07) is 0. The molecule has 0 bridgehead atoms. The number of nitrogens with zero attached hydrogens (tertiary/aromatic N) is 1. The van der Waals surface area contributed by atoms with Gasteiger partial charge in [0.05, 0.1) is 6.10 Å². The molecular weight excluding hydrogens is 192 g/mol. The van der Waals surface area contributed by atoms with E-state index in [0.29, 0.717) is 13.1 Å². The summed E-state index contributed by atoms with van der Waals surface area (Å²) in [5.74, 6) is 0. The van der Waals surface area contributed by atoms with Crippen LogP contribution in [0, 0.1) is 0 Å². The summed E-state index contributed by atoms with van der Waals surface area (Å²) in [7, 11) is -0.137. The molecule has 0 aliphatic carbocycles. The zero-order valence-corrected chi connectivity index (χ0v) is 8.80. The Balaban J connectivity index is 2.50. The minimum absolute atomic E-state index is 0.211. The second kappa shape index (κ2) is 4.36. The number of rotatable bonds is 3. The first-order valence-corrected chi connectivity index (χ1v) is 5.75. The molecule has 0 aromatic rings. The van der Waals surface area contributed by atoms with Crippen molar-refractivity contribution in [2.75, 3.05) is 27.2 Å². The second-order valence-corrected chi connectivity index (χ2v) is 4.92. The molecule has 13 heavy (non-hydrogen) atoms. The molecule has 1 N–H and O–H groups in total. The number of ether oxygens (including phenoxy) is 1. The van der Waals surface area contributed by atoms with E-state index in [1.807, 2.05) is 0 Å². The van der Waals surface area contributed by atoms with E-state index < -0.39 is 10.2 Å². The van der Waals surface area contributed by atoms with Crippen molar-refractivity contribution in [3.8, 4) is 0 Å². The first kappa shape index (κ1) is 10.9. The van der Waals surface area contributed by atoms with Crippen LogP contribution in [0.25, 0.3) is 0 Å². The molecule has 0 spiro atoms. The second-order valence-electron chi connectivity index (χ2n) is 3.04. The predicted molar refractivity (Wildman–Crippen MR) is 49.6 cm³/mol. The van der Waals surface area contributed by atoms with E-state index in [-0.39, 0.29) is 6.10 Å². The van der Waals surface area contributed by atoms with Crippen LogP contribution in [0.15, 0.2) is 0 Å². The van der Waals surface area contributed by atoms with Crippen LogP contribution in [0.5, 0.6) is 0 Å². The summed E-state index contributed by atoms with van der Waals surface area (Å²) in [6.07, 6.45) is 1.76. The van der Waals surface area contributed by atoms with Crippen LogP contribution >= 0.6 is 0 Å². The van der Waals surface area contributed by atoms with Gasteiger partial charge in [0.1, 0.15) is 0 Å². The zero-order chi connectivity index (χ0) is 9.90. The minimum atomic E-state index is -3.23. The molecule has 0 unspecified atom stereocenters. The smallest absolute Gasteiger partial charge is 0.279 e. The van der Waals surface area contributed by atoms with Crippen LogP contribution in [-0.4, -0.2) is 46.1 Å². The van der Waals surface area contributed by atoms with Crippen molar-refractivity contribution >= 4 is 10.2 Å². The number of methoxy groups -OCH3 is 1. The van der Waals surface area contributed by atoms with Crippen molar-refractivity contribution in [3.63, 3.8) is 0 Å². The largest absolute Gasteiger partial charge is 0.381 e. The summed E-state index contributed by atoms with van der Waals surface area (Å²) in [5.41, 5.74) is 0. The Hall–Kier alpha value is -0.170. The van der Waals surface area contributed by atoms with Crippen molar-refractivity contribution in [2.24, 2.45) is 0 Å². The third-order valence-electron chi connectivity index (χ3n) is 2.33. The van der Waals surface area contributed by atoms with Crippen molar-refractivity contribution in [1.82, 2.24) is 9.03 Å². The highest BCUT2D eigenvalue weighted by molar-refractivity contribution is 7.87. The lowest BCUT2D eigenvalue weighted by Gasteiger charge is -2.29. The summed E-state index contributed by atoms with van der Waals surface area (Å²) in [6.45, 7) is 1.09. The quantitative estimate of drug-likeness (QED) is 0.684. The first-order chi connectivity index (χ1) is 6.10. The maximum atomic E-state index is 11.3. The third kappa shape index (κ3) is 2.63. The number of hydrogen-bond acceptors (Lipinski definition) is 3. The molecule has 0 aromatic carbocycles. The third-order valence-corrected chi connectivity index (χ3v) is 3.89. The van der Waals surface area contributed by atoms with E-state index in [4.69, 9.17) is 4.74 Å². The molecule has 6 heteroatoms. The van der Waals surface area contributed by atoms with E-state index >= 15 is 0 Å². The lowest BCUT2D eigenvalue weighted by molar-refractivity contribution is 0.0602.